The van der Waals surface area contributed by atoms with Gasteiger partial charge in [0.25, 0.3) is 5.91 Å². The fourth-order valence-corrected chi connectivity index (χ4v) is 4.11. The van der Waals surface area contributed by atoms with E-state index < -0.39 is 34.8 Å². The number of rotatable bonds is 3. The zero-order valence-electron chi connectivity index (χ0n) is 17.0. The number of aryl methyl sites for hydroxylation is 1. The molecule has 2 heterocycles. The van der Waals surface area contributed by atoms with E-state index in [9.17, 15) is 18.4 Å². The molecule has 2 aliphatic heterocycles. The van der Waals surface area contributed by atoms with E-state index in [0.29, 0.717) is 31.5 Å². The second-order valence-electron chi connectivity index (χ2n) is 8.06. The number of likely N-dealkylation sites (tertiary alicyclic amines) is 1. The summed E-state index contributed by atoms with van der Waals surface area (Å²) in [7, 11) is 0. The quantitative estimate of drug-likeness (QED) is 0.750. The lowest BCUT2D eigenvalue weighted by atomic mass is 9.90. The predicted molar refractivity (Wildman–Crippen MR) is 107 cm³/mol. The molecule has 0 atom stereocenters. The summed E-state index contributed by atoms with van der Waals surface area (Å²) in [5.41, 5.74) is 0.376. The molecule has 6 nitrogen and oxygen atoms in total. The number of ether oxygens (including phenoxy) is 1. The number of carbonyl (C=O) groups is 2. The van der Waals surface area contributed by atoms with Gasteiger partial charge in [-0.2, -0.15) is 5.26 Å². The van der Waals surface area contributed by atoms with E-state index in [0.717, 1.165) is 11.6 Å². The van der Waals surface area contributed by atoms with Crippen molar-refractivity contribution in [1.82, 2.24) is 9.80 Å². The van der Waals surface area contributed by atoms with Gasteiger partial charge in [0.2, 0.25) is 0 Å². The lowest BCUT2D eigenvalue weighted by Crippen LogP contribution is -2.49. The molecular weight excluding hydrogens is 404 g/mol. The Bertz CT molecular complexity index is 1070. The molecule has 0 aromatic heterocycles. The van der Waals surface area contributed by atoms with Gasteiger partial charge in [-0.15, -0.1) is 0 Å². The third-order valence-corrected chi connectivity index (χ3v) is 5.96. The third kappa shape index (κ3) is 3.96. The summed E-state index contributed by atoms with van der Waals surface area (Å²) in [4.78, 5) is 28.1. The number of hydrogen-bond donors (Lipinski definition) is 0. The normalized spacial score (nSPS) is 17.5. The molecule has 0 bridgehead atoms. The summed E-state index contributed by atoms with van der Waals surface area (Å²) in [5, 5.41) is 8.89. The van der Waals surface area contributed by atoms with Crippen LogP contribution in [0.5, 0.6) is 0 Å². The summed E-state index contributed by atoms with van der Waals surface area (Å²) in [6, 6.07) is 11.4. The van der Waals surface area contributed by atoms with Crippen molar-refractivity contribution in [3.05, 3.63) is 70.3 Å². The Morgan fingerprint density at radius 1 is 1.16 bits per heavy atom. The number of benzene rings is 2. The molecular formula is C23H21F2N3O3. The number of nitrogens with zero attached hydrogens (tertiary/aromatic N) is 3. The van der Waals surface area contributed by atoms with Crippen molar-refractivity contribution in [1.29, 1.82) is 5.26 Å². The van der Waals surface area contributed by atoms with E-state index in [1.165, 1.54) is 17.9 Å². The zero-order valence-corrected chi connectivity index (χ0v) is 17.0. The van der Waals surface area contributed by atoms with Gasteiger partial charge in [-0.05, 0) is 36.2 Å². The Labute approximate surface area is 178 Å². The molecule has 2 aromatic rings. The monoisotopic (exact) mass is 425 g/mol. The van der Waals surface area contributed by atoms with Gasteiger partial charge >= 0.3 is 6.09 Å². The topological polar surface area (TPSA) is 73.6 Å². The second-order valence-corrected chi connectivity index (χ2v) is 8.06. The van der Waals surface area contributed by atoms with Crippen LogP contribution in [-0.4, -0.2) is 47.0 Å². The molecule has 2 aliphatic rings. The van der Waals surface area contributed by atoms with Crippen molar-refractivity contribution in [2.24, 2.45) is 0 Å². The first kappa shape index (κ1) is 20.8. The Morgan fingerprint density at radius 3 is 2.48 bits per heavy atom. The fourth-order valence-electron chi connectivity index (χ4n) is 4.11. The Morgan fingerprint density at radius 2 is 1.84 bits per heavy atom. The van der Waals surface area contributed by atoms with Crippen molar-refractivity contribution in [2.75, 3.05) is 19.6 Å². The van der Waals surface area contributed by atoms with E-state index in [1.807, 2.05) is 0 Å². The van der Waals surface area contributed by atoms with Crippen molar-refractivity contribution in [2.45, 2.75) is 31.9 Å². The van der Waals surface area contributed by atoms with Crippen molar-refractivity contribution >= 4 is 12.0 Å². The van der Waals surface area contributed by atoms with Crippen LogP contribution in [0.4, 0.5) is 13.6 Å². The summed E-state index contributed by atoms with van der Waals surface area (Å²) in [5.74, 6) is -2.41. The van der Waals surface area contributed by atoms with Crippen molar-refractivity contribution < 1.29 is 23.1 Å². The van der Waals surface area contributed by atoms with Crippen molar-refractivity contribution in [3.8, 4) is 6.07 Å². The van der Waals surface area contributed by atoms with Gasteiger partial charge < -0.3 is 9.64 Å². The van der Waals surface area contributed by atoms with E-state index in [1.54, 1.807) is 29.2 Å². The van der Waals surface area contributed by atoms with Crippen LogP contribution in [-0.2, 0) is 11.3 Å². The van der Waals surface area contributed by atoms with Gasteiger partial charge in [-0.3, -0.25) is 9.69 Å². The number of hydrogen-bond acceptors (Lipinski definition) is 4. The van der Waals surface area contributed by atoms with Crippen LogP contribution < -0.4 is 0 Å². The summed E-state index contributed by atoms with van der Waals surface area (Å²) in [6.07, 6.45) is 0.354. The first-order valence-corrected chi connectivity index (χ1v) is 10.0. The van der Waals surface area contributed by atoms with Gasteiger partial charge in [0, 0.05) is 32.5 Å². The first-order chi connectivity index (χ1) is 14.8. The third-order valence-electron chi connectivity index (χ3n) is 5.96. The molecule has 1 spiro atoms. The van der Waals surface area contributed by atoms with Crippen LogP contribution in [0.15, 0.2) is 36.4 Å². The van der Waals surface area contributed by atoms with Crippen LogP contribution in [0.2, 0.25) is 0 Å². The largest absolute Gasteiger partial charge is 0.441 e. The van der Waals surface area contributed by atoms with Crippen molar-refractivity contribution in [3.63, 3.8) is 0 Å². The molecule has 2 amide bonds. The molecule has 8 heteroatoms. The van der Waals surface area contributed by atoms with Gasteiger partial charge in [0.05, 0.1) is 18.2 Å². The highest BCUT2D eigenvalue weighted by atomic mass is 19.1. The smallest absolute Gasteiger partial charge is 0.410 e. The molecule has 0 radical (unpaired) electrons. The maximum atomic E-state index is 14.3. The summed E-state index contributed by atoms with van der Waals surface area (Å²) >= 11 is 0. The Hall–Kier alpha value is -3.47. The summed E-state index contributed by atoms with van der Waals surface area (Å²) in [6.45, 7) is 2.69. The predicted octanol–water partition coefficient (Wildman–Crippen LogP) is 3.77. The molecule has 4 rings (SSSR count). The lowest BCUT2D eigenvalue weighted by molar-refractivity contribution is 0.00289. The molecule has 31 heavy (non-hydrogen) atoms. The van der Waals surface area contributed by atoms with Gasteiger partial charge in [-0.1, -0.05) is 18.2 Å². The van der Waals surface area contributed by atoms with E-state index in [4.69, 9.17) is 10.00 Å². The number of amides is 2. The highest BCUT2D eigenvalue weighted by Crippen LogP contribution is 2.34. The van der Waals surface area contributed by atoms with E-state index >= 15 is 0 Å². The minimum atomic E-state index is -0.880. The molecule has 2 aromatic carbocycles. The number of piperidine rings is 1. The number of carbonyl (C=O) groups excluding carboxylic acids is 2. The highest BCUT2D eigenvalue weighted by molar-refractivity contribution is 5.95. The highest BCUT2D eigenvalue weighted by Gasteiger charge is 2.47. The first-order valence-electron chi connectivity index (χ1n) is 10.0. The van der Waals surface area contributed by atoms with Crippen LogP contribution in [0.25, 0.3) is 0 Å². The minimum absolute atomic E-state index is 0.210. The van der Waals surface area contributed by atoms with E-state index in [2.05, 4.69) is 6.07 Å². The van der Waals surface area contributed by atoms with Gasteiger partial charge in [0.1, 0.15) is 22.8 Å². The van der Waals surface area contributed by atoms with Crippen LogP contribution in [0.1, 0.15) is 39.9 Å². The SMILES string of the molecule is Cc1ccc(F)c(C(=O)N2CCC3(CC2)CN(Cc2ccc(C#N)cc2)C(=O)O3)c1F. The standard InChI is InChI=1S/C23H21F2N3O3/c1-15-2-7-18(24)19(20(15)25)21(29)27-10-8-23(9-11-27)14-28(22(30)31-23)13-17-5-3-16(12-26)4-6-17/h2-7H,8-11,13-14H2,1H3. The molecule has 0 saturated carbocycles. The minimum Gasteiger partial charge on any atom is -0.441 e. The maximum Gasteiger partial charge on any atom is 0.410 e. The maximum absolute atomic E-state index is 14.3. The Kier molecular flexibility index (Phi) is 5.36. The van der Waals surface area contributed by atoms with Crippen LogP contribution >= 0.6 is 0 Å². The molecule has 0 aliphatic carbocycles. The Balaban J connectivity index is 1.41. The van der Waals surface area contributed by atoms with Crippen LogP contribution in [0.3, 0.4) is 0 Å². The molecule has 2 fully saturated rings. The van der Waals surface area contributed by atoms with Gasteiger partial charge in [0.15, 0.2) is 0 Å². The molecule has 160 valence electrons. The fraction of sp³-hybridized carbons (Fsp3) is 0.348. The number of nitriles is 1. The zero-order chi connectivity index (χ0) is 22.2. The van der Waals surface area contributed by atoms with Gasteiger partial charge in [-0.25, -0.2) is 13.6 Å². The summed E-state index contributed by atoms with van der Waals surface area (Å²) < 4.78 is 34.1. The average Bonchev–Trinajstić information content (AvgIpc) is 3.06. The molecule has 0 N–H and O–H groups in total. The lowest BCUT2D eigenvalue weighted by Gasteiger charge is -2.37. The molecule has 0 unspecified atom stereocenters. The number of halogens is 2. The second kappa shape index (κ2) is 7.99. The average molecular weight is 425 g/mol. The molecule has 2 saturated heterocycles. The van der Waals surface area contributed by atoms with Crippen LogP contribution in [0, 0.1) is 29.9 Å². The van der Waals surface area contributed by atoms with E-state index in [-0.39, 0.29) is 18.7 Å².